The smallest absolute Gasteiger partial charge is 0.310 e. The van der Waals surface area contributed by atoms with Crippen molar-refractivity contribution in [3.63, 3.8) is 0 Å². The molecule has 0 bridgehead atoms. The summed E-state index contributed by atoms with van der Waals surface area (Å²) >= 11 is 9.52. The molecule has 0 saturated carbocycles. The van der Waals surface area contributed by atoms with Crippen LogP contribution in [-0.2, 0) is 16.0 Å². The first-order valence-electron chi connectivity index (χ1n) is 7.02. The number of hydrogen-bond donors (Lipinski definition) is 0. The zero-order chi connectivity index (χ0) is 17.0. The molecule has 4 nitrogen and oxygen atoms in total. The number of pyridine rings is 1. The summed E-state index contributed by atoms with van der Waals surface area (Å²) in [5, 5.41) is 0.413. The number of halogens is 2. The van der Waals surface area contributed by atoms with Gasteiger partial charge >= 0.3 is 5.97 Å². The van der Waals surface area contributed by atoms with Crippen LogP contribution in [0, 0.1) is 0 Å². The highest BCUT2D eigenvalue weighted by molar-refractivity contribution is 9.10. The third-order valence-electron chi connectivity index (χ3n) is 2.68. The molecule has 0 radical (unpaired) electrons. The van der Waals surface area contributed by atoms with Crippen LogP contribution >= 0.6 is 27.5 Å². The molecule has 1 aromatic heterocycles. The van der Waals surface area contributed by atoms with E-state index in [0.717, 1.165) is 10.0 Å². The van der Waals surface area contributed by atoms with Crippen molar-refractivity contribution < 1.29 is 14.3 Å². The summed E-state index contributed by atoms with van der Waals surface area (Å²) in [5.41, 5.74) is 0.261. The highest BCUT2D eigenvalue weighted by Gasteiger charge is 2.17. The van der Waals surface area contributed by atoms with Gasteiger partial charge in [-0.25, -0.2) is 4.98 Å². The molecule has 0 spiro atoms. The average Bonchev–Trinajstić information content (AvgIpc) is 2.42. The second-order valence-electron chi connectivity index (χ2n) is 5.94. The molecular formula is C17H17BrClNO3. The number of benzene rings is 1. The van der Waals surface area contributed by atoms with E-state index < -0.39 is 5.60 Å². The zero-order valence-corrected chi connectivity index (χ0v) is 15.4. The third-order valence-corrected chi connectivity index (χ3v) is 3.44. The van der Waals surface area contributed by atoms with Crippen molar-refractivity contribution in [2.75, 3.05) is 0 Å². The van der Waals surface area contributed by atoms with Gasteiger partial charge in [-0.3, -0.25) is 4.79 Å². The minimum Gasteiger partial charge on any atom is -0.460 e. The lowest BCUT2D eigenvalue weighted by Gasteiger charge is -2.19. The van der Waals surface area contributed by atoms with Gasteiger partial charge in [0.1, 0.15) is 11.4 Å². The Labute approximate surface area is 148 Å². The Balaban J connectivity index is 2.05. The number of nitrogens with zero attached hydrogens (tertiary/aromatic N) is 1. The predicted octanol–water partition coefficient (Wildman–Crippen LogP) is 5.17. The molecule has 2 aromatic rings. The van der Waals surface area contributed by atoms with Crippen LogP contribution in [0.15, 0.2) is 41.0 Å². The van der Waals surface area contributed by atoms with Crippen LogP contribution in [0.25, 0.3) is 0 Å². The van der Waals surface area contributed by atoms with Crippen LogP contribution in [0.4, 0.5) is 0 Å². The number of rotatable bonds is 4. The highest BCUT2D eigenvalue weighted by atomic mass is 79.9. The van der Waals surface area contributed by atoms with Crippen LogP contribution in [0.2, 0.25) is 5.02 Å². The monoisotopic (exact) mass is 397 g/mol. The van der Waals surface area contributed by atoms with Gasteiger partial charge in [0.05, 0.1) is 11.4 Å². The fourth-order valence-electron chi connectivity index (χ4n) is 1.82. The molecule has 0 unspecified atom stereocenters. The molecule has 0 fully saturated rings. The van der Waals surface area contributed by atoms with Gasteiger partial charge in [0.2, 0.25) is 5.88 Å². The Morgan fingerprint density at radius 2 is 2.00 bits per heavy atom. The molecule has 122 valence electrons. The fraction of sp³-hybridized carbons (Fsp3) is 0.294. The van der Waals surface area contributed by atoms with Gasteiger partial charge in [-0.05, 0) is 60.5 Å². The van der Waals surface area contributed by atoms with E-state index in [9.17, 15) is 4.79 Å². The van der Waals surface area contributed by atoms with Crippen molar-refractivity contribution in [2.45, 2.75) is 32.8 Å². The van der Waals surface area contributed by atoms with Crippen LogP contribution in [0.3, 0.4) is 0 Å². The van der Waals surface area contributed by atoms with Crippen molar-refractivity contribution in [2.24, 2.45) is 0 Å². The highest BCUT2D eigenvalue weighted by Crippen LogP contribution is 2.30. The number of esters is 1. The van der Waals surface area contributed by atoms with Gasteiger partial charge in [0.15, 0.2) is 0 Å². The zero-order valence-electron chi connectivity index (χ0n) is 13.1. The summed E-state index contributed by atoms with van der Waals surface area (Å²) in [6, 6.07) is 8.75. The lowest BCUT2D eigenvalue weighted by Crippen LogP contribution is -2.24. The van der Waals surface area contributed by atoms with Crippen molar-refractivity contribution in [1.29, 1.82) is 0 Å². The molecular weight excluding hydrogens is 382 g/mol. The lowest BCUT2D eigenvalue weighted by molar-refractivity contribution is -0.153. The lowest BCUT2D eigenvalue weighted by atomic mass is 10.1. The maximum Gasteiger partial charge on any atom is 0.310 e. The summed E-state index contributed by atoms with van der Waals surface area (Å²) in [6.45, 7) is 5.50. The molecule has 2 rings (SSSR count). The van der Waals surface area contributed by atoms with Gasteiger partial charge in [-0.1, -0.05) is 17.7 Å². The van der Waals surface area contributed by atoms with Gasteiger partial charge in [0.25, 0.3) is 0 Å². The number of carbonyl (C=O) groups is 1. The van der Waals surface area contributed by atoms with Gasteiger partial charge in [-0.2, -0.15) is 0 Å². The second-order valence-corrected chi connectivity index (χ2v) is 7.27. The van der Waals surface area contributed by atoms with Gasteiger partial charge < -0.3 is 9.47 Å². The van der Waals surface area contributed by atoms with Crippen molar-refractivity contribution in [1.82, 2.24) is 4.98 Å². The molecule has 0 amide bonds. The van der Waals surface area contributed by atoms with Crippen molar-refractivity contribution in [3.8, 4) is 11.6 Å². The molecule has 23 heavy (non-hydrogen) atoms. The van der Waals surface area contributed by atoms with Crippen molar-refractivity contribution >= 4 is 33.5 Å². The van der Waals surface area contributed by atoms with E-state index in [-0.39, 0.29) is 12.4 Å². The molecule has 6 heteroatoms. The van der Waals surface area contributed by atoms with E-state index in [1.165, 1.54) is 0 Å². The normalized spacial score (nSPS) is 11.2. The molecule has 1 heterocycles. The minimum absolute atomic E-state index is 0.161. The topological polar surface area (TPSA) is 48.4 Å². The molecule has 0 aliphatic carbocycles. The fourth-order valence-corrected chi connectivity index (χ4v) is 2.29. The van der Waals surface area contributed by atoms with Crippen molar-refractivity contribution in [3.05, 3.63) is 51.6 Å². The van der Waals surface area contributed by atoms with Gasteiger partial charge in [0, 0.05) is 16.7 Å². The summed E-state index contributed by atoms with van der Waals surface area (Å²) < 4.78 is 11.8. The summed E-state index contributed by atoms with van der Waals surface area (Å²) in [7, 11) is 0. The van der Waals surface area contributed by atoms with E-state index in [1.807, 2.05) is 26.8 Å². The Morgan fingerprint density at radius 3 is 2.57 bits per heavy atom. The summed E-state index contributed by atoms with van der Waals surface area (Å²) in [6.07, 6.45) is 1.80. The largest absolute Gasteiger partial charge is 0.460 e. The van der Waals surface area contributed by atoms with Crippen LogP contribution in [0.5, 0.6) is 11.6 Å². The molecule has 0 atom stereocenters. The third kappa shape index (κ3) is 5.84. The standard InChI is InChI=1S/C17H17BrClNO3/c1-17(2,3)23-16(21)9-11-4-6-14(13(19)8-11)22-15-7-5-12(18)10-20-15/h4-8,10H,9H2,1-3H3. The average molecular weight is 399 g/mol. The summed E-state index contributed by atoms with van der Waals surface area (Å²) in [5.74, 6) is 0.626. The predicted molar refractivity (Wildman–Crippen MR) is 93.0 cm³/mol. The van der Waals surface area contributed by atoms with E-state index in [2.05, 4.69) is 20.9 Å². The first kappa shape index (κ1) is 17.8. The Bertz CT molecular complexity index is 696. The Kier molecular flexibility index (Phi) is 5.65. The molecule has 0 saturated heterocycles. The number of ether oxygens (including phenoxy) is 2. The molecule has 0 aliphatic heterocycles. The number of aromatic nitrogens is 1. The minimum atomic E-state index is -0.503. The Morgan fingerprint density at radius 1 is 1.26 bits per heavy atom. The SMILES string of the molecule is CC(C)(C)OC(=O)Cc1ccc(Oc2ccc(Br)cn2)c(Cl)c1. The quantitative estimate of drug-likeness (QED) is 0.666. The maximum atomic E-state index is 11.8. The number of carbonyl (C=O) groups excluding carboxylic acids is 1. The van der Waals surface area contributed by atoms with E-state index in [1.54, 1.807) is 30.5 Å². The summed E-state index contributed by atoms with van der Waals surface area (Å²) in [4.78, 5) is 16.0. The van der Waals surface area contributed by atoms with Crippen LogP contribution < -0.4 is 4.74 Å². The van der Waals surface area contributed by atoms with Crippen LogP contribution in [0.1, 0.15) is 26.3 Å². The maximum absolute atomic E-state index is 11.8. The van der Waals surface area contributed by atoms with E-state index in [4.69, 9.17) is 21.1 Å². The van der Waals surface area contributed by atoms with Gasteiger partial charge in [-0.15, -0.1) is 0 Å². The van der Waals surface area contributed by atoms with E-state index in [0.29, 0.717) is 16.7 Å². The number of hydrogen-bond acceptors (Lipinski definition) is 4. The van der Waals surface area contributed by atoms with E-state index >= 15 is 0 Å². The molecule has 1 aromatic carbocycles. The first-order valence-corrected chi connectivity index (χ1v) is 8.20. The van der Waals surface area contributed by atoms with Crippen LogP contribution in [-0.4, -0.2) is 16.6 Å². The molecule has 0 aliphatic rings. The first-order chi connectivity index (χ1) is 10.7. The Hall–Kier alpha value is -1.59. The molecule has 0 N–H and O–H groups in total. The second kappa shape index (κ2) is 7.32.